The van der Waals surface area contributed by atoms with Crippen LogP contribution in [0.3, 0.4) is 0 Å². The minimum absolute atomic E-state index is 0.155. The van der Waals surface area contributed by atoms with E-state index in [0.717, 1.165) is 5.39 Å². The van der Waals surface area contributed by atoms with E-state index in [-0.39, 0.29) is 18.3 Å². The highest BCUT2D eigenvalue weighted by molar-refractivity contribution is 7.84. The number of carbonyl (C=O) groups excluding carboxylic acids is 1. The molecule has 0 aliphatic carbocycles. The summed E-state index contributed by atoms with van der Waals surface area (Å²) < 4.78 is 33.7. The Morgan fingerprint density at radius 3 is 2.71 bits per heavy atom. The molecule has 0 saturated carbocycles. The normalized spacial score (nSPS) is 17.0. The Labute approximate surface area is 203 Å². The Kier molecular flexibility index (Phi) is 6.42. The molecule has 2 aromatic heterocycles. The van der Waals surface area contributed by atoms with E-state index in [1.807, 2.05) is 0 Å². The summed E-state index contributed by atoms with van der Waals surface area (Å²) in [7, 11) is -1.29. The topological polar surface area (TPSA) is 97.5 Å². The number of amides is 1. The second kappa shape index (κ2) is 9.65. The van der Waals surface area contributed by atoms with Gasteiger partial charge in [0.2, 0.25) is 5.95 Å². The molecule has 1 aliphatic heterocycles. The predicted molar refractivity (Wildman–Crippen MR) is 129 cm³/mol. The molecule has 0 bridgehead atoms. The number of hydrogen-bond donors (Lipinski definition) is 1. The Bertz CT molecular complexity index is 1420. The highest BCUT2D eigenvalue weighted by Crippen LogP contribution is 2.28. The van der Waals surface area contributed by atoms with E-state index in [1.165, 1.54) is 18.5 Å². The lowest BCUT2D eigenvalue weighted by Crippen LogP contribution is -2.46. The van der Waals surface area contributed by atoms with Crippen LogP contribution in [0.15, 0.2) is 66.0 Å². The van der Waals surface area contributed by atoms with Gasteiger partial charge in [-0.15, -0.1) is 0 Å². The van der Waals surface area contributed by atoms with Gasteiger partial charge < -0.3 is 14.7 Å². The first-order chi connectivity index (χ1) is 17.0. The largest absolute Gasteiger partial charge is 0.394 e. The first-order valence-electron chi connectivity index (χ1n) is 11.0. The van der Waals surface area contributed by atoms with Crippen molar-refractivity contribution in [3.8, 4) is 17.1 Å². The zero-order valence-corrected chi connectivity index (χ0v) is 19.7. The average Bonchev–Trinajstić information content (AvgIpc) is 3.28. The van der Waals surface area contributed by atoms with Gasteiger partial charge in [0, 0.05) is 60.0 Å². The lowest BCUT2D eigenvalue weighted by atomic mass is 10.1. The van der Waals surface area contributed by atoms with Gasteiger partial charge in [-0.25, -0.2) is 14.4 Å². The monoisotopic (exact) mass is 494 g/mol. The van der Waals surface area contributed by atoms with Crippen LogP contribution in [0.25, 0.3) is 28.0 Å². The van der Waals surface area contributed by atoms with Crippen LogP contribution < -0.4 is 0 Å². The highest BCUT2D eigenvalue weighted by atomic mass is 32.2. The standard InChI is InChI=1S/C25H23FN4O4S/c1-35(33)23-14-30(25-27-11-17(12-28-25)19-4-2-3-5-21(19)26)22-10-16(6-7-20(22)23)24(32)29-8-9-34-18(13-29)15-31/h2-7,10-12,14,18,31H,8-9,13,15H2,1H3/t18-,35?/m1/s1. The van der Waals surface area contributed by atoms with Crippen molar-refractivity contribution in [1.29, 1.82) is 0 Å². The number of rotatable bonds is 5. The fourth-order valence-electron chi connectivity index (χ4n) is 4.20. The molecule has 0 spiro atoms. The molecule has 4 aromatic rings. The van der Waals surface area contributed by atoms with Crippen LogP contribution in [0.1, 0.15) is 10.4 Å². The molecule has 0 radical (unpaired) electrons. The van der Waals surface area contributed by atoms with Crippen LogP contribution in [0, 0.1) is 5.82 Å². The molecular weight excluding hydrogens is 471 g/mol. The molecular formula is C25H23FN4O4S. The molecule has 1 aliphatic rings. The molecule has 2 atom stereocenters. The second-order valence-corrected chi connectivity index (χ2v) is 9.58. The van der Waals surface area contributed by atoms with Crippen molar-refractivity contribution in [2.45, 2.75) is 11.0 Å². The number of morpholine rings is 1. The van der Waals surface area contributed by atoms with Crippen molar-refractivity contribution >= 4 is 27.6 Å². The van der Waals surface area contributed by atoms with Gasteiger partial charge in [-0.05, 0) is 18.2 Å². The third-order valence-electron chi connectivity index (χ3n) is 5.99. The van der Waals surface area contributed by atoms with Gasteiger partial charge in [0.1, 0.15) is 5.82 Å². The Balaban J connectivity index is 1.54. The summed E-state index contributed by atoms with van der Waals surface area (Å²) in [6.07, 6.45) is 5.95. The maximum Gasteiger partial charge on any atom is 0.254 e. The van der Waals surface area contributed by atoms with Crippen LogP contribution in [0.2, 0.25) is 0 Å². The zero-order chi connectivity index (χ0) is 24.5. The van der Waals surface area contributed by atoms with Gasteiger partial charge in [0.25, 0.3) is 5.91 Å². The zero-order valence-electron chi connectivity index (χ0n) is 18.9. The molecule has 5 rings (SSSR count). The van der Waals surface area contributed by atoms with Crippen LogP contribution >= 0.6 is 0 Å². The van der Waals surface area contributed by atoms with Gasteiger partial charge in [0.05, 0.1) is 40.5 Å². The molecule has 35 heavy (non-hydrogen) atoms. The summed E-state index contributed by atoms with van der Waals surface area (Å²) in [6.45, 7) is 0.937. The first-order valence-corrected chi connectivity index (χ1v) is 12.6. The highest BCUT2D eigenvalue weighted by Gasteiger charge is 2.25. The van der Waals surface area contributed by atoms with E-state index in [0.29, 0.717) is 52.7 Å². The van der Waals surface area contributed by atoms with E-state index in [9.17, 15) is 18.5 Å². The molecule has 1 amide bonds. The maximum absolute atomic E-state index is 14.2. The number of hydrogen-bond acceptors (Lipinski definition) is 6. The third kappa shape index (κ3) is 4.47. The number of aliphatic hydroxyl groups is 1. The van der Waals surface area contributed by atoms with E-state index < -0.39 is 16.9 Å². The van der Waals surface area contributed by atoms with E-state index in [4.69, 9.17) is 4.74 Å². The van der Waals surface area contributed by atoms with Gasteiger partial charge in [-0.2, -0.15) is 0 Å². The molecule has 2 aromatic carbocycles. The van der Waals surface area contributed by atoms with Gasteiger partial charge >= 0.3 is 0 Å². The lowest BCUT2D eigenvalue weighted by Gasteiger charge is -2.32. The number of aliphatic hydroxyl groups excluding tert-OH is 1. The minimum atomic E-state index is -1.29. The Hall–Kier alpha value is -3.47. The molecule has 180 valence electrons. The minimum Gasteiger partial charge on any atom is -0.394 e. The van der Waals surface area contributed by atoms with Crippen molar-refractivity contribution in [2.75, 3.05) is 32.6 Å². The molecule has 1 N–H and O–H groups in total. The van der Waals surface area contributed by atoms with Crippen molar-refractivity contribution in [2.24, 2.45) is 0 Å². The Morgan fingerprint density at radius 2 is 2.00 bits per heavy atom. The van der Waals surface area contributed by atoms with Gasteiger partial charge in [-0.1, -0.05) is 24.3 Å². The van der Waals surface area contributed by atoms with Crippen molar-refractivity contribution < 1.29 is 23.2 Å². The summed E-state index contributed by atoms with van der Waals surface area (Å²) in [6, 6.07) is 11.6. The van der Waals surface area contributed by atoms with Crippen molar-refractivity contribution in [1.82, 2.24) is 19.4 Å². The summed E-state index contributed by atoms with van der Waals surface area (Å²) in [4.78, 5) is 24.3. The predicted octanol–water partition coefficient (Wildman–Crippen LogP) is 2.80. The van der Waals surface area contributed by atoms with E-state index >= 15 is 0 Å². The van der Waals surface area contributed by atoms with Crippen molar-refractivity contribution in [3.63, 3.8) is 0 Å². The summed E-state index contributed by atoms with van der Waals surface area (Å²) >= 11 is 0. The fourth-order valence-corrected chi connectivity index (χ4v) is 4.94. The third-order valence-corrected chi connectivity index (χ3v) is 6.94. The fraction of sp³-hybridized carbons (Fsp3) is 0.240. The molecule has 10 heteroatoms. The van der Waals surface area contributed by atoms with Crippen LogP contribution in [-0.4, -0.2) is 73.3 Å². The molecule has 8 nitrogen and oxygen atoms in total. The van der Waals surface area contributed by atoms with Crippen LogP contribution in [-0.2, 0) is 15.5 Å². The number of ether oxygens (including phenoxy) is 1. The van der Waals surface area contributed by atoms with Crippen LogP contribution in [0.5, 0.6) is 0 Å². The van der Waals surface area contributed by atoms with E-state index in [2.05, 4.69) is 9.97 Å². The maximum atomic E-state index is 14.2. The number of benzene rings is 2. The first kappa shape index (κ1) is 23.3. The average molecular weight is 495 g/mol. The molecule has 3 heterocycles. The SMILES string of the molecule is CS(=O)c1cn(-c2ncc(-c3ccccc3F)cn2)c2cc(C(=O)N3CCO[C@@H](CO)C3)ccc12. The van der Waals surface area contributed by atoms with Crippen LogP contribution in [0.4, 0.5) is 4.39 Å². The number of aromatic nitrogens is 3. The number of fused-ring (bicyclic) bond motifs is 1. The number of carbonyl (C=O) groups is 1. The molecule has 1 unspecified atom stereocenters. The quantitative estimate of drug-likeness (QED) is 0.458. The van der Waals surface area contributed by atoms with Crippen molar-refractivity contribution in [3.05, 3.63) is 72.4 Å². The van der Waals surface area contributed by atoms with Gasteiger partial charge in [0.15, 0.2) is 0 Å². The Morgan fingerprint density at radius 1 is 1.23 bits per heavy atom. The molecule has 1 fully saturated rings. The van der Waals surface area contributed by atoms with E-state index in [1.54, 1.807) is 58.3 Å². The summed E-state index contributed by atoms with van der Waals surface area (Å²) in [5.74, 6) is -0.242. The van der Waals surface area contributed by atoms with Gasteiger partial charge in [-0.3, -0.25) is 13.6 Å². The number of halogens is 1. The lowest BCUT2D eigenvalue weighted by molar-refractivity contribution is -0.0447. The number of nitrogens with zero attached hydrogens (tertiary/aromatic N) is 4. The smallest absolute Gasteiger partial charge is 0.254 e. The summed E-state index contributed by atoms with van der Waals surface area (Å²) in [5, 5.41) is 10.1. The second-order valence-electron chi connectivity index (χ2n) is 8.23. The molecule has 1 saturated heterocycles. The summed E-state index contributed by atoms with van der Waals surface area (Å²) in [5.41, 5.74) is 2.01.